The van der Waals surface area contributed by atoms with Crippen LogP contribution in [0.3, 0.4) is 0 Å². The first kappa shape index (κ1) is 14.4. The second-order valence-corrected chi connectivity index (χ2v) is 5.98. The maximum Gasteiger partial charge on any atom is 0.0628 e. The smallest absolute Gasteiger partial charge is 0.0628 e. The monoisotopic (exact) mass is 292 g/mol. The van der Waals surface area contributed by atoms with Crippen LogP contribution >= 0.6 is 23.2 Å². The highest BCUT2D eigenvalue weighted by Gasteiger charge is 2.13. The average Bonchev–Trinajstić information content (AvgIpc) is 2.37. The van der Waals surface area contributed by atoms with Crippen molar-refractivity contribution in [2.75, 3.05) is 0 Å². The van der Waals surface area contributed by atoms with E-state index in [-0.39, 0.29) is 5.38 Å². The standard InChI is InChI=1S/C17H18Cl2/c1-11-7-8-14(9-12(11)2)10-17(19)15-5-4-6-16(18)13(15)3/h4-9,17H,10H2,1-3H3. The minimum atomic E-state index is -0.0409. The molecule has 2 aromatic rings. The zero-order valence-corrected chi connectivity index (χ0v) is 13.0. The molecule has 0 radical (unpaired) electrons. The van der Waals surface area contributed by atoms with Crippen molar-refractivity contribution >= 4 is 23.2 Å². The SMILES string of the molecule is Cc1ccc(CC(Cl)c2cccc(Cl)c2C)cc1C. The van der Waals surface area contributed by atoms with Crippen molar-refractivity contribution in [3.05, 3.63) is 69.2 Å². The van der Waals surface area contributed by atoms with Gasteiger partial charge in [-0.05, 0) is 61.1 Å². The van der Waals surface area contributed by atoms with E-state index in [1.807, 2.05) is 19.1 Å². The van der Waals surface area contributed by atoms with Crippen molar-refractivity contribution in [3.63, 3.8) is 0 Å². The summed E-state index contributed by atoms with van der Waals surface area (Å²) >= 11 is 12.7. The predicted molar refractivity (Wildman–Crippen MR) is 84.4 cm³/mol. The molecular formula is C17H18Cl2. The zero-order valence-electron chi connectivity index (χ0n) is 11.5. The Balaban J connectivity index is 2.23. The summed E-state index contributed by atoms with van der Waals surface area (Å²) in [5.41, 5.74) is 6.08. The van der Waals surface area contributed by atoms with E-state index in [2.05, 4.69) is 38.1 Å². The Morgan fingerprint density at radius 2 is 1.74 bits per heavy atom. The second kappa shape index (κ2) is 5.98. The minimum absolute atomic E-state index is 0.0409. The lowest BCUT2D eigenvalue weighted by molar-refractivity contribution is 0.907. The van der Waals surface area contributed by atoms with Crippen LogP contribution < -0.4 is 0 Å². The molecule has 2 aromatic carbocycles. The molecule has 19 heavy (non-hydrogen) atoms. The van der Waals surface area contributed by atoms with Gasteiger partial charge in [-0.25, -0.2) is 0 Å². The molecule has 0 aliphatic rings. The van der Waals surface area contributed by atoms with E-state index in [0.29, 0.717) is 0 Å². The van der Waals surface area contributed by atoms with Crippen LogP contribution in [-0.4, -0.2) is 0 Å². The summed E-state index contributed by atoms with van der Waals surface area (Å²) in [7, 11) is 0. The van der Waals surface area contributed by atoms with Gasteiger partial charge in [0.25, 0.3) is 0 Å². The molecule has 0 fully saturated rings. The van der Waals surface area contributed by atoms with Crippen molar-refractivity contribution in [1.29, 1.82) is 0 Å². The number of alkyl halides is 1. The fraction of sp³-hybridized carbons (Fsp3) is 0.294. The Bertz CT molecular complexity index is 588. The molecule has 0 spiro atoms. The molecule has 0 saturated heterocycles. The van der Waals surface area contributed by atoms with E-state index >= 15 is 0 Å². The van der Waals surface area contributed by atoms with E-state index in [1.165, 1.54) is 16.7 Å². The van der Waals surface area contributed by atoms with Crippen LogP contribution in [-0.2, 0) is 6.42 Å². The first-order chi connectivity index (χ1) is 8.99. The average molecular weight is 293 g/mol. The molecule has 0 saturated carbocycles. The van der Waals surface area contributed by atoms with Crippen LogP contribution in [0.25, 0.3) is 0 Å². The number of rotatable bonds is 3. The van der Waals surface area contributed by atoms with Gasteiger partial charge in [0.1, 0.15) is 0 Å². The van der Waals surface area contributed by atoms with Gasteiger partial charge in [-0.3, -0.25) is 0 Å². The highest BCUT2D eigenvalue weighted by atomic mass is 35.5. The minimum Gasteiger partial charge on any atom is -0.117 e. The van der Waals surface area contributed by atoms with Crippen LogP contribution in [0.4, 0.5) is 0 Å². The van der Waals surface area contributed by atoms with Crippen LogP contribution in [0, 0.1) is 20.8 Å². The molecule has 1 unspecified atom stereocenters. The van der Waals surface area contributed by atoms with Crippen molar-refractivity contribution in [2.24, 2.45) is 0 Å². The van der Waals surface area contributed by atoms with Crippen molar-refractivity contribution in [2.45, 2.75) is 32.6 Å². The predicted octanol–water partition coefficient (Wildman–Crippen LogP) is 5.79. The summed E-state index contributed by atoms with van der Waals surface area (Å²) in [4.78, 5) is 0. The molecule has 0 aliphatic carbocycles. The molecule has 2 rings (SSSR count). The van der Waals surface area contributed by atoms with Gasteiger partial charge in [0.2, 0.25) is 0 Å². The van der Waals surface area contributed by atoms with E-state index in [1.54, 1.807) is 0 Å². The summed E-state index contributed by atoms with van der Waals surface area (Å²) < 4.78 is 0. The second-order valence-electron chi connectivity index (χ2n) is 5.04. The third kappa shape index (κ3) is 3.32. The van der Waals surface area contributed by atoms with E-state index < -0.39 is 0 Å². The summed E-state index contributed by atoms with van der Waals surface area (Å²) in [5.74, 6) is 0. The van der Waals surface area contributed by atoms with Crippen LogP contribution in [0.1, 0.15) is 33.2 Å². The van der Waals surface area contributed by atoms with Gasteiger partial charge in [-0.1, -0.05) is 41.9 Å². The molecule has 0 nitrogen and oxygen atoms in total. The number of hydrogen-bond donors (Lipinski definition) is 0. The summed E-state index contributed by atoms with van der Waals surface area (Å²) in [6.07, 6.45) is 0.823. The van der Waals surface area contributed by atoms with Gasteiger partial charge in [0, 0.05) is 5.02 Å². The molecule has 2 heteroatoms. The number of aryl methyl sites for hydroxylation is 2. The van der Waals surface area contributed by atoms with Crippen LogP contribution in [0.15, 0.2) is 36.4 Å². The van der Waals surface area contributed by atoms with Crippen LogP contribution in [0.2, 0.25) is 5.02 Å². The first-order valence-corrected chi connectivity index (χ1v) is 7.25. The lowest BCUT2D eigenvalue weighted by Crippen LogP contribution is -1.99. The molecule has 100 valence electrons. The van der Waals surface area contributed by atoms with Gasteiger partial charge in [-0.15, -0.1) is 11.6 Å². The highest BCUT2D eigenvalue weighted by molar-refractivity contribution is 6.31. The molecule has 0 amide bonds. The molecule has 0 heterocycles. The maximum atomic E-state index is 6.55. The third-order valence-electron chi connectivity index (χ3n) is 3.63. The summed E-state index contributed by atoms with van der Waals surface area (Å²) in [5, 5.41) is 0.740. The molecular weight excluding hydrogens is 275 g/mol. The Morgan fingerprint density at radius 1 is 1.00 bits per heavy atom. The molecule has 0 aliphatic heterocycles. The van der Waals surface area contributed by atoms with Gasteiger partial charge in [-0.2, -0.15) is 0 Å². The Kier molecular flexibility index (Phi) is 4.54. The number of halogens is 2. The lowest BCUT2D eigenvalue weighted by atomic mass is 9.98. The van der Waals surface area contributed by atoms with Gasteiger partial charge in [0.15, 0.2) is 0 Å². The number of hydrogen-bond acceptors (Lipinski definition) is 0. The van der Waals surface area contributed by atoms with Crippen molar-refractivity contribution in [1.82, 2.24) is 0 Å². The molecule has 0 aromatic heterocycles. The highest BCUT2D eigenvalue weighted by Crippen LogP contribution is 2.31. The topological polar surface area (TPSA) is 0 Å². The van der Waals surface area contributed by atoms with Crippen molar-refractivity contribution in [3.8, 4) is 0 Å². The van der Waals surface area contributed by atoms with Gasteiger partial charge < -0.3 is 0 Å². The Morgan fingerprint density at radius 3 is 2.42 bits per heavy atom. The normalized spacial score (nSPS) is 12.5. The summed E-state index contributed by atoms with van der Waals surface area (Å²) in [6, 6.07) is 12.4. The largest absolute Gasteiger partial charge is 0.117 e. The first-order valence-electron chi connectivity index (χ1n) is 6.44. The lowest BCUT2D eigenvalue weighted by Gasteiger charge is -2.14. The molecule has 0 N–H and O–H groups in total. The van der Waals surface area contributed by atoms with Gasteiger partial charge >= 0.3 is 0 Å². The zero-order chi connectivity index (χ0) is 14.0. The number of benzene rings is 2. The molecule has 1 atom stereocenters. The van der Waals surface area contributed by atoms with E-state index in [0.717, 1.165) is 22.6 Å². The molecule has 0 bridgehead atoms. The fourth-order valence-corrected chi connectivity index (χ4v) is 2.81. The maximum absolute atomic E-state index is 6.55. The van der Waals surface area contributed by atoms with E-state index in [9.17, 15) is 0 Å². The Labute approximate surface area is 125 Å². The fourth-order valence-electron chi connectivity index (χ4n) is 2.21. The van der Waals surface area contributed by atoms with Crippen LogP contribution in [0.5, 0.6) is 0 Å². The van der Waals surface area contributed by atoms with Gasteiger partial charge in [0.05, 0.1) is 5.38 Å². The Hall–Kier alpha value is -0.980. The van der Waals surface area contributed by atoms with Crippen molar-refractivity contribution < 1.29 is 0 Å². The summed E-state index contributed by atoms with van der Waals surface area (Å²) in [6.45, 7) is 6.28. The third-order valence-corrected chi connectivity index (χ3v) is 4.43. The quantitative estimate of drug-likeness (QED) is 0.628. The van der Waals surface area contributed by atoms with E-state index in [4.69, 9.17) is 23.2 Å².